The molecule has 1 saturated heterocycles. The van der Waals surface area contributed by atoms with E-state index in [4.69, 9.17) is 9.15 Å². The molecule has 1 aromatic heterocycles. The zero-order valence-electron chi connectivity index (χ0n) is 17.2. The van der Waals surface area contributed by atoms with Crippen molar-refractivity contribution >= 4 is 29.9 Å². The molecule has 1 atom stereocenters. The summed E-state index contributed by atoms with van der Waals surface area (Å²) in [6.45, 7) is 2.50. The van der Waals surface area contributed by atoms with Crippen molar-refractivity contribution in [3.05, 3.63) is 72.1 Å². The Balaban J connectivity index is 0.00000256. The normalized spacial score (nSPS) is 16.3. The van der Waals surface area contributed by atoms with Gasteiger partial charge in [0.15, 0.2) is 5.96 Å². The van der Waals surface area contributed by atoms with Crippen molar-refractivity contribution in [1.29, 1.82) is 0 Å². The van der Waals surface area contributed by atoms with Gasteiger partial charge >= 0.3 is 0 Å². The average Bonchev–Trinajstić information content (AvgIpc) is 3.45. The number of halogens is 1. The van der Waals surface area contributed by atoms with Gasteiger partial charge in [0, 0.05) is 31.6 Å². The van der Waals surface area contributed by atoms with E-state index in [1.807, 2.05) is 49.5 Å². The third-order valence-corrected chi connectivity index (χ3v) is 5.29. The van der Waals surface area contributed by atoms with E-state index in [9.17, 15) is 0 Å². The first-order chi connectivity index (χ1) is 14.3. The van der Waals surface area contributed by atoms with Crippen molar-refractivity contribution < 1.29 is 9.15 Å². The molecule has 158 valence electrons. The van der Waals surface area contributed by atoms with Gasteiger partial charge < -0.3 is 19.4 Å². The van der Waals surface area contributed by atoms with Gasteiger partial charge in [-0.1, -0.05) is 30.3 Å². The van der Waals surface area contributed by atoms with Crippen LogP contribution >= 0.6 is 24.0 Å². The van der Waals surface area contributed by atoms with Crippen molar-refractivity contribution in [3.8, 4) is 17.2 Å². The number of nitrogens with zero attached hydrogens (tertiary/aromatic N) is 3. The molecule has 1 aliphatic rings. The molecule has 2 aromatic carbocycles. The summed E-state index contributed by atoms with van der Waals surface area (Å²) in [6, 6.07) is 18.3. The maximum Gasteiger partial charge on any atom is 0.226 e. The molecule has 3 aromatic rings. The second kappa shape index (κ2) is 10.5. The highest BCUT2D eigenvalue weighted by Crippen LogP contribution is 2.28. The molecular weight excluding hydrogens is 491 g/mol. The van der Waals surface area contributed by atoms with Gasteiger partial charge in [-0.2, -0.15) is 0 Å². The van der Waals surface area contributed by atoms with E-state index >= 15 is 0 Å². The molecule has 4 rings (SSSR count). The Morgan fingerprint density at radius 2 is 1.97 bits per heavy atom. The van der Waals surface area contributed by atoms with Gasteiger partial charge in [-0.05, 0) is 36.2 Å². The molecule has 1 N–H and O–H groups in total. The zero-order valence-corrected chi connectivity index (χ0v) is 19.6. The fourth-order valence-electron chi connectivity index (χ4n) is 3.70. The number of guanidine groups is 1. The number of nitrogens with one attached hydrogen (secondary N) is 1. The first-order valence-corrected chi connectivity index (χ1v) is 9.86. The van der Waals surface area contributed by atoms with Crippen LogP contribution in [0.4, 0.5) is 0 Å². The van der Waals surface area contributed by atoms with Crippen LogP contribution in [0.3, 0.4) is 0 Å². The number of rotatable bonds is 5. The third-order valence-electron chi connectivity index (χ3n) is 5.29. The van der Waals surface area contributed by atoms with Gasteiger partial charge in [-0.3, -0.25) is 4.99 Å². The number of likely N-dealkylation sites (tertiary alicyclic amines) is 1. The van der Waals surface area contributed by atoms with E-state index in [-0.39, 0.29) is 24.0 Å². The van der Waals surface area contributed by atoms with Crippen molar-refractivity contribution in [2.45, 2.75) is 18.9 Å². The highest BCUT2D eigenvalue weighted by Gasteiger charge is 2.26. The lowest BCUT2D eigenvalue weighted by Gasteiger charge is -2.21. The minimum absolute atomic E-state index is 0. The summed E-state index contributed by atoms with van der Waals surface area (Å²) in [6.07, 6.45) is 2.81. The van der Waals surface area contributed by atoms with Crippen LogP contribution in [0, 0.1) is 0 Å². The highest BCUT2D eigenvalue weighted by atomic mass is 127. The molecular formula is C23H27IN4O2. The van der Waals surface area contributed by atoms with E-state index < -0.39 is 0 Å². The first-order valence-electron chi connectivity index (χ1n) is 9.86. The second-order valence-corrected chi connectivity index (χ2v) is 7.12. The zero-order chi connectivity index (χ0) is 20.1. The number of ether oxygens (including phenoxy) is 1. The Labute approximate surface area is 194 Å². The molecule has 30 heavy (non-hydrogen) atoms. The summed E-state index contributed by atoms with van der Waals surface area (Å²) < 4.78 is 10.9. The van der Waals surface area contributed by atoms with Crippen LogP contribution in [0.15, 0.2) is 70.3 Å². The standard InChI is InChI=1S/C23H26N4O2.HI/c1-24-23(25-14-20-16-29-22(26-20)18-6-4-3-5-7-18)27-13-12-19(15-27)17-8-10-21(28-2)11-9-17;/h3-11,16,19H,12-15H2,1-2H3,(H,24,25);1H. The average molecular weight is 518 g/mol. The number of methoxy groups -OCH3 is 1. The van der Waals surface area contributed by atoms with Gasteiger partial charge in [0.25, 0.3) is 0 Å². The van der Waals surface area contributed by atoms with Gasteiger partial charge in [0.2, 0.25) is 5.89 Å². The van der Waals surface area contributed by atoms with E-state index in [1.165, 1.54) is 5.56 Å². The lowest BCUT2D eigenvalue weighted by Crippen LogP contribution is -2.39. The Hall–Kier alpha value is -2.55. The fourth-order valence-corrected chi connectivity index (χ4v) is 3.70. The summed E-state index contributed by atoms with van der Waals surface area (Å²) in [4.78, 5) is 11.3. The van der Waals surface area contributed by atoms with E-state index in [0.717, 1.165) is 42.5 Å². The Morgan fingerprint density at radius 1 is 1.20 bits per heavy atom. The molecule has 1 fully saturated rings. The quantitative estimate of drug-likeness (QED) is 0.306. The SMILES string of the molecule is CN=C(NCc1coc(-c2ccccc2)n1)N1CCC(c2ccc(OC)cc2)C1.I. The summed E-state index contributed by atoms with van der Waals surface area (Å²) in [5.41, 5.74) is 3.17. The highest BCUT2D eigenvalue weighted by molar-refractivity contribution is 14.0. The Bertz CT molecular complexity index is 957. The van der Waals surface area contributed by atoms with E-state index in [0.29, 0.717) is 18.4 Å². The number of hydrogen-bond donors (Lipinski definition) is 1. The van der Waals surface area contributed by atoms with Gasteiger partial charge in [0.1, 0.15) is 12.0 Å². The van der Waals surface area contributed by atoms with Crippen LogP contribution in [-0.4, -0.2) is 43.1 Å². The number of aromatic nitrogens is 1. The molecule has 0 aliphatic carbocycles. The van der Waals surface area contributed by atoms with Crippen molar-refractivity contribution in [2.75, 3.05) is 27.2 Å². The molecule has 2 heterocycles. The van der Waals surface area contributed by atoms with Crippen LogP contribution < -0.4 is 10.1 Å². The molecule has 7 heteroatoms. The lowest BCUT2D eigenvalue weighted by atomic mass is 9.98. The smallest absolute Gasteiger partial charge is 0.226 e. The van der Waals surface area contributed by atoms with Crippen LogP contribution in [0.1, 0.15) is 23.6 Å². The van der Waals surface area contributed by atoms with Gasteiger partial charge in [-0.15, -0.1) is 24.0 Å². The van der Waals surface area contributed by atoms with Crippen molar-refractivity contribution in [1.82, 2.24) is 15.2 Å². The monoisotopic (exact) mass is 518 g/mol. The largest absolute Gasteiger partial charge is 0.497 e. The summed E-state index contributed by atoms with van der Waals surface area (Å²) in [5.74, 6) is 2.92. The summed E-state index contributed by atoms with van der Waals surface area (Å²) >= 11 is 0. The predicted molar refractivity (Wildman–Crippen MR) is 129 cm³/mol. The van der Waals surface area contributed by atoms with E-state index in [2.05, 4.69) is 32.3 Å². The lowest BCUT2D eigenvalue weighted by molar-refractivity contribution is 0.414. The van der Waals surface area contributed by atoms with Crippen molar-refractivity contribution in [3.63, 3.8) is 0 Å². The number of aliphatic imine (C=N–C) groups is 1. The van der Waals surface area contributed by atoms with Crippen LogP contribution in [0.25, 0.3) is 11.5 Å². The van der Waals surface area contributed by atoms with Gasteiger partial charge in [-0.25, -0.2) is 4.98 Å². The van der Waals surface area contributed by atoms with Crippen molar-refractivity contribution in [2.24, 2.45) is 4.99 Å². The second-order valence-electron chi connectivity index (χ2n) is 7.12. The van der Waals surface area contributed by atoms with Crippen LogP contribution in [-0.2, 0) is 6.54 Å². The predicted octanol–water partition coefficient (Wildman–Crippen LogP) is 4.53. The van der Waals surface area contributed by atoms with Crippen LogP contribution in [0.5, 0.6) is 5.75 Å². The number of benzene rings is 2. The fraction of sp³-hybridized carbons (Fsp3) is 0.304. The maximum atomic E-state index is 5.62. The topological polar surface area (TPSA) is 62.9 Å². The van der Waals surface area contributed by atoms with E-state index in [1.54, 1.807) is 13.4 Å². The molecule has 1 unspecified atom stereocenters. The van der Waals surface area contributed by atoms with Crippen LogP contribution in [0.2, 0.25) is 0 Å². The number of hydrogen-bond acceptors (Lipinski definition) is 4. The molecule has 0 radical (unpaired) electrons. The molecule has 0 spiro atoms. The molecule has 0 saturated carbocycles. The summed E-state index contributed by atoms with van der Waals surface area (Å²) in [5, 5.41) is 3.42. The Kier molecular flexibility index (Phi) is 7.73. The minimum Gasteiger partial charge on any atom is -0.497 e. The molecule has 6 nitrogen and oxygen atoms in total. The first kappa shape index (κ1) is 22.1. The molecule has 0 bridgehead atoms. The molecule has 0 amide bonds. The molecule has 1 aliphatic heterocycles. The minimum atomic E-state index is 0. The summed E-state index contributed by atoms with van der Waals surface area (Å²) in [7, 11) is 3.51. The third kappa shape index (κ3) is 5.13. The maximum absolute atomic E-state index is 5.62. The Morgan fingerprint density at radius 3 is 2.67 bits per heavy atom. The van der Waals surface area contributed by atoms with Gasteiger partial charge in [0.05, 0.1) is 19.3 Å². The number of oxazole rings is 1.